The van der Waals surface area contributed by atoms with Crippen LogP contribution in [0.5, 0.6) is 0 Å². The minimum atomic E-state index is -0.663. The zero-order valence-electron chi connectivity index (χ0n) is 6.70. The van der Waals surface area contributed by atoms with E-state index in [0.29, 0.717) is 5.69 Å². The van der Waals surface area contributed by atoms with Gasteiger partial charge < -0.3 is 4.84 Å². The molecule has 0 heterocycles. The third-order valence-electron chi connectivity index (χ3n) is 1.49. The number of carbonyl (C=O) groups is 1. The number of aryl methyl sites for hydroxylation is 1. The molecule has 64 valence electrons. The highest BCUT2D eigenvalue weighted by molar-refractivity contribution is 5.85. The van der Waals surface area contributed by atoms with E-state index in [2.05, 4.69) is 16.1 Å². The van der Waals surface area contributed by atoms with Crippen molar-refractivity contribution >= 4 is 11.8 Å². The SMILES string of the molecule is Cc1ccccc1NC(=O)ON. The quantitative estimate of drug-likeness (QED) is 0.620. The predicted molar refractivity (Wildman–Crippen MR) is 45.5 cm³/mol. The second kappa shape index (κ2) is 3.73. The molecule has 0 unspecified atom stereocenters. The highest BCUT2D eigenvalue weighted by atomic mass is 16.7. The molecule has 0 aromatic heterocycles. The molecule has 0 atom stereocenters. The number of rotatable bonds is 1. The van der Waals surface area contributed by atoms with Gasteiger partial charge in [0.15, 0.2) is 0 Å². The predicted octanol–water partition coefficient (Wildman–Crippen LogP) is 1.42. The molecule has 1 amide bonds. The molecular weight excluding hydrogens is 156 g/mol. The Bertz CT molecular complexity index is 286. The summed E-state index contributed by atoms with van der Waals surface area (Å²) in [5.74, 6) is 4.66. The van der Waals surface area contributed by atoms with Gasteiger partial charge in [-0.1, -0.05) is 18.2 Å². The highest BCUT2D eigenvalue weighted by Gasteiger charge is 2.01. The van der Waals surface area contributed by atoms with Crippen LogP contribution in [0.1, 0.15) is 5.56 Å². The zero-order chi connectivity index (χ0) is 8.97. The van der Waals surface area contributed by atoms with Crippen molar-refractivity contribution in [3.05, 3.63) is 29.8 Å². The van der Waals surface area contributed by atoms with Gasteiger partial charge in [0.25, 0.3) is 0 Å². The molecule has 0 aliphatic carbocycles. The molecule has 0 aliphatic rings. The van der Waals surface area contributed by atoms with E-state index in [9.17, 15) is 4.79 Å². The van der Waals surface area contributed by atoms with Crippen LogP contribution >= 0.6 is 0 Å². The van der Waals surface area contributed by atoms with Crippen molar-refractivity contribution in [1.29, 1.82) is 0 Å². The maximum absolute atomic E-state index is 10.7. The summed E-state index contributed by atoms with van der Waals surface area (Å²) in [6.45, 7) is 1.88. The van der Waals surface area contributed by atoms with E-state index in [1.807, 2.05) is 25.1 Å². The Morgan fingerprint density at radius 3 is 2.75 bits per heavy atom. The molecule has 0 fully saturated rings. The number of hydrogen-bond acceptors (Lipinski definition) is 3. The van der Waals surface area contributed by atoms with Crippen molar-refractivity contribution in [1.82, 2.24) is 0 Å². The molecule has 0 radical (unpaired) electrons. The summed E-state index contributed by atoms with van der Waals surface area (Å²) in [5, 5.41) is 2.47. The van der Waals surface area contributed by atoms with E-state index in [-0.39, 0.29) is 0 Å². The van der Waals surface area contributed by atoms with Gasteiger partial charge in [0.05, 0.1) is 0 Å². The molecular formula is C8H10N2O2. The number of nitrogens with two attached hydrogens (primary N) is 1. The van der Waals surface area contributed by atoms with Crippen molar-refractivity contribution in [3.8, 4) is 0 Å². The van der Waals surface area contributed by atoms with E-state index in [1.165, 1.54) is 0 Å². The average molecular weight is 166 g/mol. The number of carbonyl (C=O) groups excluding carboxylic acids is 1. The van der Waals surface area contributed by atoms with Gasteiger partial charge in [-0.15, -0.1) is 0 Å². The van der Waals surface area contributed by atoms with Crippen molar-refractivity contribution in [2.75, 3.05) is 5.32 Å². The van der Waals surface area contributed by atoms with Gasteiger partial charge in [-0.3, -0.25) is 5.32 Å². The first-order chi connectivity index (χ1) is 5.74. The Morgan fingerprint density at radius 2 is 2.17 bits per heavy atom. The Balaban J connectivity index is 2.75. The van der Waals surface area contributed by atoms with Crippen LogP contribution in [0, 0.1) is 6.92 Å². The summed E-state index contributed by atoms with van der Waals surface area (Å²) >= 11 is 0. The lowest BCUT2D eigenvalue weighted by molar-refractivity contribution is 0.163. The smallest absolute Gasteiger partial charge is 0.357 e. The fraction of sp³-hybridized carbons (Fsp3) is 0.125. The Hall–Kier alpha value is -1.55. The standard InChI is InChI=1S/C8H10N2O2/c1-6-4-2-3-5-7(6)10-8(11)12-9/h2-5H,9H2,1H3,(H,10,11). The van der Waals surface area contributed by atoms with Crippen molar-refractivity contribution in [3.63, 3.8) is 0 Å². The van der Waals surface area contributed by atoms with E-state index < -0.39 is 6.09 Å². The molecule has 4 heteroatoms. The topological polar surface area (TPSA) is 64.3 Å². The van der Waals surface area contributed by atoms with Crippen LogP contribution in [0.2, 0.25) is 0 Å². The molecule has 0 aliphatic heterocycles. The third-order valence-corrected chi connectivity index (χ3v) is 1.49. The summed E-state index contributed by atoms with van der Waals surface area (Å²) in [7, 11) is 0. The number of amides is 1. The molecule has 4 nitrogen and oxygen atoms in total. The zero-order valence-corrected chi connectivity index (χ0v) is 6.70. The molecule has 12 heavy (non-hydrogen) atoms. The van der Waals surface area contributed by atoms with Crippen molar-refractivity contribution < 1.29 is 9.63 Å². The monoisotopic (exact) mass is 166 g/mol. The number of anilines is 1. The van der Waals surface area contributed by atoms with Crippen LogP contribution in [0.3, 0.4) is 0 Å². The highest BCUT2D eigenvalue weighted by Crippen LogP contribution is 2.12. The molecule has 0 spiro atoms. The fourth-order valence-corrected chi connectivity index (χ4v) is 0.853. The normalized spacial score (nSPS) is 9.17. The summed E-state index contributed by atoms with van der Waals surface area (Å²) in [4.78, 5) is 14.6. The lowest BCUT2D eigenvalue weighted by atomic mass is 10.2. The first-order valence-corrected chi connectivity index (χ1v) is 3.47. The summed E-state index contributed by atoms with van der Waals surface area (Å²) in [6, 6.07) is 7.35. The lowest BCUT2D eigenvalue weighted by Crippen LogP contribution is -2.17. The van der Waals surface area contributed by atoms with Gasteiger partial charge in [-0.2, -0.15) is 5.90 Å². The summed E-state index contributed by atoms with van der Waals surface area (Å²) in [6.07, 6.45) is -0.663. The van der Waals surface area contributed by atoms with Gasteiger partial charge in [-0.05, 0) is 18.6 Å². The fourth-order valence-electron chi connectivity index (χ4n) is 0.853. The van der Waals surface area contributed by atoms with Crippen molar-refractivity contribution in [2.24, 2.45) is 5.90 Å². The Labute approximate surface area is 70.3 Å². The van der Waals surface area contributed by atoms with E-state index in [4.69, 9.17) is 0 Å². The van der Waals surface area contributed by atoms with E-state index >= 15 is 0 Å². The van der Waals surface area contributed by atoms with Gasteiger partial charge in [-0.25, -0.2) is 4.79 Å². The third kappa shape index (κ3) is 1.96. The van der Waals surface area contributed by atoms with Crippen LogP contribution in [0.15, 0.2) is 24.3 Å². The van der Waals surface area contributed by atoms with Gasteiger partial charge >= 0.3 is 6.09 Å². The Morgan fingerprint density at radius 1 is 1.50 bits per heavy atom. The summed E-state index contributed by atoms with van der Waals surface area (Å²) in [5.41, 5.74) is 1.66. The van der Waals surface area contributed by atoms with Crippen LogP contribution < -0.4 is 11.2 Å². The first kappa shape index (κ1) is 8.55. The number of hydrogen-bond donors (Lipinski definition) is 2. The van der Waals surface area contributed by atoms with Gasteiger partial charge in [0, 0.05) is 5.69 Å². The second-order valence-electron chi connectivity index (χ2n) is 2.35. The van der Waals surface area contributed by atoms with E-state index in [0.717, 1.165) is 5.56 Å². The minimum Gasteiger partial charge on any atom is -0.357 e. The van der Waals surface area contributed by atoms with Crippen molar-refractivity contribution in [2.45, 2.75) is 6.92 Å². The maximum Gasteiger partial charge on any atom is 0.430 e. The molecule has 0 saturated carbocycles. The second-order valence-corrected chi connectivity index (χ2v) is 2.35. The molecule has 3 N–H and O–H groups in total. The molecule has 1 aromatic rings. The Kier molecular flexibility index (Phi) is 2.66. The minimum absolute atomic E-state index is 0.663. The lowest BCUT2D eigenvalue weighted by Gasteiger charge is -2.04. The molecule has 0 bridgehead atoms. The van der Waals surface area contributed by atoms with Crippen LogP contribution in [-0.2, 0) is 4.84 Å². The van der Waals surface area contributed by atoms with Gasteiger partial charge in [0.2, 0.25) is 0 Å². The largest absolute Gasteiger partial charge is 0.430 e. The maximum atomic E-state index is 10.7. The molecule has 1 rings (SSSR count). The average Bonchev–Trinajstić information content (AvgIpc) is 2.09. The van der Waals surface area contributed by atoms with Gasteiger partial charge in [0.1, 0.15) is 0 Å². The molecule has 0 saturated heterocycles. The van der Waals surface area contributed by atoms with E-state index in [1.54, 1.807) is 6.07 Å². The van der Waals surface area contributed by atoms with Crippen LogP contribution in [0.25, 0.3) is 0 Å². The van der Waals surface area contributed by atoms with Crippen LogP contribution in [0.4, 0.5) is 10.5 Å². The number of benzene rings is 1. The number of para-hydroxylation sites is 1. The summed E-state index contributed by atoms with van der Waals surface area (Å²) < 4.78 is 0. The van der Waals surface area contributed by atoms with Crippen LogP contribution in [-0.4, -0.2) is 6.09 Å². The first-order valence-electron chi connectivity index (χ1n) is 3.47. The number of nitrogens with one attached hydrogen (secondary N) is 1. The molecule has 1 aromatic carbocycles.